The van der Waals surface area contributed by atoms with Crippen molar-refractivity contribution in [1.29, 1.82) is 0 Å². The van der Waals surface area contributed by atoms with Crippen molar-refractivity contribution in [2.45, 2.75) is 71.1 Å². The zero-order valence-electron chi connectivity index (χ0n) is 22.1. The van der Waals surface area contributed by atoms with Crippen molar-refractivity contribution in [1.82, 2.24) is 25.9 Å². The van der Waals surface area contributed by atoms with E-state index in [4.69, 9.17) is 5.73 Å². The van der Waals surface area contributed by atoms with Gasteiger partial charge in [0.15, 0.2) is 0 Å². The SMILES string of the molecule is CC(C)CC(NC(=O)C(Cc1cnc[nH]1)NC(=O)C(Cc1ccc(O)cc1)NC(=O)C(N)C(C)C)C(=O)O. The molecule has 1 heterocycles. The van der Waals surface area contributed by atoms with Crippen LogP contribution in [0.1, 0.15) is 45.4 Å². The van der Waals surface area contributed by atoms with Gasteiger partial charge in [0.1, 0.15) is 23.9 Å². The van der Waals surface area contributed by atoms with Crippen LogP contribution >= 0.6 is 0 Å². The number of phenolic OH excluding ortho intramolecular Hbond substituents is 1. The molecule has 0 aliphatic rings. The van der Waals surface area contributed by atoms with E-state index in [1.807, 2.05) is 13.8 Å². The number of amides is 3. The highest BCUT2D eigenvalue weighted by atomic mass is 16.4. The Kier molecular flexibility index (Phi) is 11.3. The van der Waals surface area contributed by atoms with Gasteiger partial charge in [0, 0.05) is 24.7 Å². The van der Waals surface area contributed by atoms with Crippen LogP contribution in [0.25, 0.3) is 0 Å². The van der Waals surface area contributed by atoms with E-state index in [9.17, 15) is 29.4 Å². The molecule has 208 valence electrons. The van der Waals surface area contributed by atoms with Crippen LogP contribution in [-0.4, -0.2) is 68.0 Å². The number of aromatic hydroxyl groups is 1. The third-order valence-electron chi connectivity index (χ3n) is 5.96. The van der Waals surface area contributed by atoms with Crippen LogP contribution in [0.15, 0.2) is 36.8 Å². The fourth-order valence-corrected chi connectivity index (χ4v) is 3.71. The summed E-state index contributed by atoms with van der Waals surface area (Å²) < 4.78 is 0. The lowest BCUT2D eigenvalue weighted by molar-refractivity contribution is -0.142. The molecule has 1 aromatic heterocycles. The summed E-state index contributed by atoms with van der Waals surface area (Å²) in [4.78, 5) is 57.9. The van der Waals surface area contributed by atoms with Gasteiger partial charge in [-0.15, -0.1) is 0 Å². The standard InChI is InChI=1S/C26H38N6O6/c1-14(2)9-21(26(37)38)32-24(35)20(11-17-12-28-13-29-17)30-23(34)19(31-25(36)22(27)15(3)4)10-16-5-7-18(33)8-6-16/h5-8,12-15,19-22,33H,9-11,27H2,1-4H3,(H,28,29)(H,30,34)(H,31,36)(H,32,35)(H,37,38). The Labute approximate surface area is 221 Å². The first-order valence-corrected chi connectivity index (χ1v) is 12.5. The molecule has 0 fully saturated rings. The van der Waals surface area contributed by atoms with Gasteiger partial charge in [-0.25, -0.2) is 9.78 Å². The lowest BCUT2D eigenvalue weighted by Crippen LogP contribution is -2.58. The van der Waals surface area contributed by atoms with E-state index in [1.165, 1.54) is 24.7 Å². The maximum absolute atomic E-state index is 13.4. The molecule has 0 spiro atoms. The number of carbonyl (C=O) groups excluding carboxylic acids is 3. The third kappa shape index (κ3) is 9.51. The number of carboxylic acids is 1. The predicted molar refractivity (Wildman–Crippen MR) is 140 cm³/mol. The van der Waals surface area contributed by atoms with Crippen LogP contribution in [0.2, 0.25) is 0 Å². The largest absolute Gasteiger partial charge is 0.508 e. The van der Waals surface area contributed by atoms with Crippen molar-refractivity contribution in [3.8, 4) is 5.75 Å². The Morgan fingerprint density at radius 1 is 0.895 bits per heavy atom. The number of aliphatic carboxylic acids is 1. The number of hydrogen-bond donors (Lipinski definition) is 7. The smallest absolute Gasteiger partial charge is 0.326 e. The fourth-order valence-electron chi connectivity index (χ4n) is 3.71. The normalized spacial score (nSPS) is 14.4. The number of nitrogens with zero attached hydrogens (tertiary/aromatic N) is 1. The van der Waals surface area contributed by atoms with Crippen LogP contribution in [0, 0.1) is 11.8 Å². The summed E-state index contributed by atoms with van der Waals surface area (Å²) in [5.41, 5.74) is 7.17. The van der Waals surface area contributed by atoms with Gasteiger partial charge < -0.3 is 36.9 Å². The number of hydrogen-bond acceptors (Lipinski definition) is 7. The monoisotopic (exact) mass is 530 g/mol. The Morgan fingerprint density at radius 3 is 1.95 bits per heavy atom. The minimum absolute atomic E-state index is 0.00659. The maximum Gasteiger partial charge on any atom is 0.326 e. The molecule has 4 atom stereocenters. The number of benzene rings is 1. The summed E-state index contributed by atoms with van der Waals surface area (Å²) in [6.45, 7) is 7.23. The summed E-state index contributed by atoms with van der Waals surface area (Å²) in [6, 6.07) is 1.89. The quantitative estimate of drug-likeness (QED) is 0.183. The average Bonchev–Trinajstić information content (AvgIpc) is 3.36. The van der Waals surface area contributed by atoms with E-state index < -0.39 is 47.9 Å². The molecule has 1 aromatic carbocycles. The highest BCUT2D eigenvalue weighted by Crippen LogP contribution is 2.13. The number of phenols is 1. The Bertz CT molecular complexity index is 1070. The van der Waals surface area contributed by atoms with Crippen molar-refractivity contribution in [3.63, 3.8) is 0 Å². The molecule has 3 amide bonds. The maximum atomic E-state index is 13.4. The Morgan fingerprint density at radius 2 is 1.45 bits per heavy atom. The van der Waals surface area contributed by atoms with Gasteiger partial charge in [0.2, 0.25) is 17.7 Å². The first kappa shape index (κ1) is 30.3. The second kappa shape index (κ2) is 14.1. The molecule has 0 radical (unpaired) electrons. The first-order valence-electron chi connectivity index (χ1n) is 12.5. The van der Waals surface area contributed by atoms with E-state index in [0.29, 0.717) is 11.3 Å². The molecule has 12 heteroatoms. The molecule has 0 aliphatic carbocycles. The highest BCUT2D eigenvalue weighted by Gasteiger charge is 2.31. The fraction of sp³-hybridized carbons (Fsp3) is 0.500. The summed E-state index contributed by atoms with van der Waals surface area (Å²) in [5.74, 6) is -3.18. The molecule has 0 saturated carbocycles. The second-order valence-electron chi connectivity index (χ2n) is 10.1. The predicted octanol–water partition coefficient (Wildman–Crippen LogP) is 0.469. The second-order valence-corrected chi connectivity index (χ2v) is 10.1. The van der Waals surface area contributed by atoms with Crippen LogP contribution in [0.3, 0.4) is 0 Å². The number of carboxylic acid groups (broad SMARTS) is 1. The summed E-state index contributed by atoms with van der Waals surface area (Å²) in [7, 11) is 0. The number of imidazole rings is 1. The summed E-state index contributed by atoms with van der Waals surface area (Å²) in [5, 5.41) is 27.0. The van der Waals surface area contributed by atoms with Crippen molar-refractivity contribution in [2.24, 2.45) is 17.6 Å². The van der Waals surface area contributed by atoms with Crippen LogP contribution < -0.4 is 21.7 Å². The Balaban J connectivity index is 2.29. The number of aromatic nitrogens is 2. The van der Waals surface area contributed by atoms with Gasteiger partial charge >= 0.3 is 5.97 Å². The summed E-state index contributed by atoms with van der Waals surface area (Å²) in [6.07, 6.45) is 3.19. The molecule has 38 heavy (non-hydrogen) atoms. The molecule has 12 nitrogen and oxygen atoms in total. The van der Waals surface area contributed by atoms with Crippen molar-refractivity contribution < 1.29 is 29.4 Å². The van der Waals surface area contributed by atoms with E-state index >= 15 is 0 Å². The minimum Gasteiger partial charge on any atom is -0.508 e. The number of rotatable bonds is 14. The number of carbonyl (C=O) groups is 4. The van der Waals surface area contributed by atoms with E-state index in [-0.39, 0.29) is 36.8 Å². The molecule has 2 rings (SSSR count). The van der Waals surface area contributed by atoms with E-state index in [2.05, 4.69) is 25.9 Å². The number of nitrogens with one attached hydrogen (secondary N) is 4. The number of H-pyrrole nitrogens is 1. The van der Waals surface area contributed by atoms with Crippen LogP contribution in [-0.2, 0) is 32.0 Å². The van der Waals surface area contributed by atoms with Gasteiger partial charge in [-0.05, 0) is 36.0 Å². The van der Waals surface area contributed by atoms with Gasteiger partial charge in [-0.1, -0.05) is 39.8 Å². The molecule has 8 N–H and O–H groups in total. The van der Waals surface area contributed by atoms with Gasteiger partial charge in [-0.2, -0.15) is 0 Å². The first-order chi connectivity index (χ1) is 17.9. The molecule has 0 bridgehead atoms. The van der Waals surface area contributed by atoms with Crippen molar-refractivity contribution in [2.75, 3.05) is 0 Å². The van der Waals surface area contributed by atoms with Crippen LogP contribution in [0.4, 0.5) is 0 Å². The highest BCUT2D eigenvalue weighted by molar-refractivity contribution is 5.94. The van der Waals surface area contributed by atoms with Gasteiger partial charge in [-0.3, -0.25) is 14.4 Å². The molecular weight excluding hydrogens is 492 g/mol. The molecule has 0 aliphatic heterocycles. The number of aromatic amines is 1. The van der Waals surface area contributed by atoms with E-state index in [0.717, 1.165) is 0 Å². The van der Waals surface area contributed by atoms with Gasteiger partial charge in [0.05, 0.1) is 12.4 Å². The number of nitrogens with two attached hydrogens (primary N) is 1. The molecular formula is C26H38N6O6. The van der Waals surface area contributed by atoms with E-state index in [1.54, 1.807) is 26.0 Å². The molecule has 2 aromatic rings. The average molecular weight is 531 g/mol. The van der Waals surface area contributed by atoms with Crippen molar-refractivity contribution in [3.05, 3.63) is 48.0 Å². The lowest BCUT2D eigenvalue weighted by atomic mass is 10.0. The lowest BCUT2D eigenvalue weighted by Gasteiger charge is -2.26. The third-order valence-corrected chi connectivity index (χ3v) is 5.96. The molecule has 4 unspecified atom stereocenters. The topological polar surface area (TPSA) is 200 Å². The minimum atomic E-state index is -1.18. The zero-order chi connectivity index (χ0) is 28.4. The molecule has 0 saturated heterocycles. The Hall–Kier alpha value is -3.93. The van der Waals surface area contributed by atoms with Crippen molar-refractivity contribution >= 4 is 23.7 Å². The van der Waals surface area contributed by atoms with Crippen LogP contribution in [0.5, 0.6) is 5.75 Å². The zero-order valence-corrected chi connectivity index (χ0v) is 22.1. The summed E-state index contributed by atoms with van der Waals surface area (Å²) >= 11 is 0. The van der Waals surface area contributed by atoms with Gasteiger partial charge in [0.25, 0.3) is 0 Å².